The summed E-state index contributed by atoms with van der Waals surface area (Å²) in [5.41, 5.74) is 3.62. The fourth-order valence-corrected chi connectivity index (χ4v) is 3.16. The minimum Gasteiger partial charge on any atom is -0.493 e. The number of nitrogens with one attached hydrogen (secondary N) is 1. The van der Waals surface area contributed by atoms with Crippen LogP contribution in [0.15, 0.2) is 36.4 Å². The lowest BCUT2D eigenvalue weighted by Gasteiger charge is -2.16. The Kier molecular flexibility index (Phi) is 4.39. The Hall–Kier alpha value is -1.22. The molecule has 110 valence electrons. The van der Waals surface area contributed by atoms with Gasteiger partial charge < -0.3 is 10.1 Å². The number of halogens is 2. The summed E-state index contributed by atoms with van der Waals surface area (Å²) in [6.07, 6.45) is 1.00. The average molecular weight is 322 g/mol. The molecule has 0 radical (unpaired) electrons. The minimum absolute atomic E-state index is 0.166. The molecule has 3 rings (SSSR count). The fraction of sp³-hybridized carbons (Fsp3) is 0.294. The van der Waals surface area contributed by atoms with Crippen LogP contribution in [0.2, 0.25) is 10.0 Å². The molecule has 1 aliphatic heterocycles. The van der Waals surface area contributed by atoms with E-state index in [0.29, 0.717) is 10.0 Å². The first-order valence-corrected chi connectivity index (χ1v) is 7.82. The van der Waals surface area contributed by atoms with Crippen molar-refractivity contribution in [3.63, 3.8) is 0 Å². The van der Waals surface area contributed by atoms with Gasteiger partial charge in [-0.15, -0.1) is 0 Å². The summed E-state index contributed by atoms with van der Waals surface area (Å²) >= 11 is 12.2. The second-order valence-corrected chi connectivity index (χ2v) is 6.15. The molecular weight excluding hydrogens is 305 g/mol. The van der Waals surface area contributed by atoms with Crippen LogP contribution >= 0.6 is 23.2 Å². The number of benzene rings is 2. The Morgan fingerprint density at radius 2 is 2.05 bits per heavy atom. The SMILES string of the molecule is CC(NCc1ccc2c(c1)CCO2)c1ccc(Cl)cc1Cl. The Morgan fingerprint density at radius 1 is 1.19 bits per heavy atom. The molecule has 2 nitrogen and oxygen atoms in total. The van der Waals surface area contributed by atoms with E-state index in [-0.39, 0.29) is 6.04 Å². The molecule has 1 aliphatic rings. The van der Waals surface area contributed by atoms with Crippen molar-refractivity contribution in [2.24, 2.45) is 0 Å². The maximum atomic E-state index is 6.24. The topological polar surface area (TPSA) is 21.3 Å². The van der Waals surface area contributed by atoms with Gasteiger partial charge >= 0.3 is 0 Å². The average Bonchev–Trinajstić information content (AvgIpc) is 2.92. The van der Waals surface area contributed by atoms with Crippen LogP contribution in [0, 0.1) is 0 Å². The van der Waals surface area contributed by atoms with Crippen LogP contribution in [0.3, 0.4) is 0 Å². The van der Waals surface area contributed by atoms with Gasteiger partial charge in [-0.25, -0.2) is 0 Å². The molecule has 0 saturated carbocycles. The predicted molar refractivity (Wildman–Crippen MR) is 87.4 cm³/mol. The van der Waals surface area contributed by atoms with Crippen molar-refractivity contribution in [3.8, 4) is 5.75 Å². The molecule has 0 aliphatic carbocycles. The van der Waals surface area contributed by atoms with Crippen LogP contribution in [-0.4, -0.2) is 6.61 Å². The van der Waals surface area contributed by atoms with Gasteiger partial charge in [0.1, 0.15) is 5.75 Å². The van der Waals surface area contributed by atoms with E-state index in [1.54, 1.807) is 6.07 Å². The third-order valence-electron chi connectivity index (χ3n) is 3.80. The second-order valence-electron chi connectivity index (χ2n) is 5.31. The third-order valence-corrected chi connectivity index (χ3v) is 4.36. The number of fused-ring (bicyclic) bond motifs is 1. The molecule has 2 aromatic carbocycles. The zero-order valence-corrected chi connectivity index (χ0v) is 13.3. The summed E-state index contributed by atoms with van der Waals surface area (Å²) in [4.78, 5) is 0. The first-order valence-electron chi connectivity index (χ1n) is 7.06. The standard InChI is InChI=1S/C17H17Cl2NO/c1-11(15-4-3-14(18)9-16(15)19)20-10-12-2-5-17-13(8-12)6-7-21-17/h2-5,8-9,11,20H,6-7,10H2,1H3. The van der Waals surface area contributed by atoms with Crippen LogP contribution in [-0.2, 0) is 13.0 Å². The van der Waals surface area contributed by atoms with Gasteiger partial charge in [-0.2, -0.15) is 0 Å². The molecule has 4 heteroatoms. The molecule has 2 aromatic rings. The molecule has 0 aromatic heterocycles. The molecule has 0 amide bonds. The van der Waals surface area contributed by atoms with Gasteiger partial charge in [-0.3, -0.25) is 0 Å². The van der Waals surface area contributed by atoms with E-state index in [0.717, 1.165) is 30.9 Å². The summed E-state index contributed by atoms with van der Waals surface area (Å²) in [5, 5.41) is 4.86. The Morgan fingerprint density at radius 3 is 2.86 bits per heavy atom. The first-order chi connectivity index (χ1) is 10.1. The highest BCUT2D eigenvalue weighted by Gasteiger charge is 2.13. The van der Waals surface area contributed by atoms with E-state index >= 15 is 0 Å². The van der Waals surface area contributed by atoms with Gasteiger partial charge in [0.2, 0.25) is 0 Å². The molecule has 1 N–H and O–H groups in total. The summed E-state index contributed by atoms with van der Waals surface area (Å²) in [6.45, 7) is 3.70. The number of hydrogen-bond acceptors (Lipinski definition) is 2. The summed E-state index contributed by atoms with van der Waals surface area (Å²) < 4.78 is 5.52. The summed E-state index contributed by atoms with van der Waals surface area (Å²) in [7, 11) is 0. The van der Waals surface area contributed by atoms with Crippen LogP contribution in [0.1, 0.15) is 29.7 Å². The predicted octanol–water partition coefficient (Wildman–Crippen LogP) is 4.78. The van der Waals surface area contributed by atoms with Crippen LogP contribution < -0.4 is 10.1 Å². The smallest absolute Gasteiger partial charge is 0.122 e. The van der Waals surface area contributed by atoms with Crippen molar-refractivity contribution in [2.45, 2.75) is 25.9 Å². The van der Waals surface area contributed by atoms with Crippen LogP contribution in [0.25, 0.3) is 0 Å². The maximum absolute atomic E-state index is 6.24. The quantitative estimate of drug-likeness (QED) is 0.875. The van der Waals surface area contributed by atoms with E-state index < -0.39 is 0 Å². The highest BCUT2D eigenvalue weighted by molar-refractivity contribution is 6.35. The van der Waals surface area contributed by atoms with E-state index in [1.165, 1.54) is 11.1 Å². The first kappa shape index (κ1) is 14.7. The minimum atomic E-state index is 0.166. The lowest BCUT2D eigenvalue weighted by Crippen LogP contribution is -2.18. The molecule has 1 unspecified atom stereocenters. The number of hydrogen-bond donors (Lipinski definition) is 1. The van der Waals surface area contributed by atoms with E-state index in [9.17, 15) is 0 Å². The van der Waals surface area contributed by atoms with Crippen molar-refractivity contribution >= 4 is 23.2 Å². The third kappa shape index (κ3) is 3.34. The summed E-state index contributed by atoms with van der Waals surface area (Å²) in [5.74, 6) is 1.02. The zero-order valence-electron chi connectivity index (χ0n) is 11.8. The normalized spacial score (nSPS) is 14.6. The van der Waals surface area contributed by atoms with Crippen LogP contribution in [0.4, 0.5) is 0 Å². The molecule has 0 bridgehead atoms. The highest BCUT2D eigenvalue weighted by atomic mass is 35.5. The highest BCUT2D eigenvalue weighted by Crippen LogP contribution is 2.28. The van der Waals surface area contributed by atoms with Gasteiger partial charge in [0.25, 0.3) is 0 Å². The zero-order chi connectivity index (χ0) is 14.8. The van der Waals surface area contributed by atoms with Crippen molar-refractivity contribution in [1.82, 2.24) is 5.32 Å². The molecule has 21 heavy (non-hydrogen) atoms. The van der Waals surface area contributed by atoms with Crippen LogP contribution in [0.5, 0.6) is 5.75 Å². The fourth-order valence-electron chi connectivity index (χ4n) is 2.58. The lowest BCUT2D eigenvalue weighted by molar-refractivity contribution is 0.357. The van der Waals surface area contributed by atoms with Crippen molar-refractivity contribution in [1.29, 1.82) is 0 Å². The monoisotopic (exact) mass is 321 g/mol. The Bertz CT molecular complexity index is 657. The van der Waals surface area contributed by atoms with Gasteiger partial charge in [0.05, 0.1) is 6.61 Å². The largest absolute Gasteiger partial charge is 0.493 e. The molecule has 1 heterocycles. The van der Waals surface area contributed by atoms with Crippen molar-refractivity contribution < 1.29 is 4.74 Å². The Labute approximate surface area is 135 Å². The summed E-state index contributed by atoms with van der Waals surface area (Å²) in [6, 6.07) is 12.2. The van der Waals surface area contributed by atoms with Gasteiger partial charge in [0.15, 0.2) is 0 Å². The number of ether oxygens (including phenoxy) is 1. The molecular formula is C17H17Cl2NO. The maximum Gasteiger partial charge on any atom is 0.122 e. The van der Waals surface area contributed by atoms with Gasteiger partial charge in [0, 0.05) is 29.1 Å². The molecule has 1 atom stereocenters. The Balaban J connectivity index is 1.67. The molecule has 0 saturated heterocycles. The van der Waals surface area contributed by atoms with E-state index in [4.69, 9.17) is 27.9 Å². The van der Waals surface area contributed by atoms with Gasteiger partial charge in [-0.1, -0.05) is 41.4 Å². The molecule has 0 fully saturated rings. The van der Waals surface area contributed by atoms with E-state index in [1.807, 2.05) is 12.1 Å². The van der Waals surface area contributed by atoms with E-state index in [2.05, 4.69) is 30.4 Å². The second kappa shape index (κ2) is 6.27. The van der Waals surface area contributed by atoms with Gasteiger partial charge in [-0.05, 0) is 41.8 Å². The van der Waals surface area contributed by atoms with Crippen molar-refractivity contribution in [3.05, 3.63) is 63.1 Å². The van der Waals surface area contributed by atoms with Crippen molar-refractivity contribution in [2.75, 3.05) is 6.61 Å². The lowest BCUT2D eigenvalue weighted by atomic mass is 10.1. The number of rotatable bonds is 4. The molecule has 0 spiro atoms.